The van der Waals surface area contributed by atoms with Gasteiger partial charge in [-0.05, 0) is 74.8 Å². The van der Waals surface area contributed by atoms with Crippen molar-refractivity contribution in [1.29, 1.82) is 0 Å². The molecule has 0 saturated carbocycles. The number of rotatable bonds is 4. The van der Waals surface area contributed by atoms with Gasteiger partial charge in [0.05, 0.1) is 11.0 Å². The number of pyridine rings is 1. The van der Waals surface area contributed by atoms with Gasteiger partial charge in [0.2, 0.25) is 0 Å². The van der Waals surface area contributed by atoms with Crippen molar-refractivity contribution in [2.45, 2.75) is 53.9 Å². The SMILES string of the molecule is Cc1ccc2c(c1)c1cc3c4cc(C)ccc4n(-c4[c-]cc(C(C)(C)C)cc4)c3nc1n2-c1[c-]c(-c2cc(C)c(-c3ccccc3)cc2C)ccc1.[Pt+2]. The predicted molar refractivity (Wildman–Crippen MR) is 219 cm³/mol. The molecule has 3 nitrogen and oxygen atoms in total. The number of aromatic nitrogens is 3. The molecule has 4 heteroatoms. The second-order valence-electron chi connectivity index (χ2n) is 15.5. The number of hydrogen-bond donors (Lipinski definition) is 0. The van der Waals surface area contributed by atoms with E-state index in [1.54, 1.807) is 0 Å². The fourth-order valence-corrected chi connectivity index (χ4v) is 7.87. The molecule has 0 aliphatic heterocycles. The Morgan fingerprint density at radius 3 is 1.75 bits per heavy atom. The van der Waals surface area contributed by atoms with Crippen molar-refractivity contribution < 1.29 is 21.1 Å². The van der Waals surface area contributed by atoms with E-state index in [1.807, 2.05) is 0 Å². The Balaban J connectivity index is 0.00000400. The Kier molecular flexibility index (Phi) is 8.55. The first-order valence-corrected chi connectivity index (χ1v) is 18.1. The molecule has 0 amide bonds. The van der Waals surface area contributed by atoms with Gasteiger partial charge >= 0.3 is 21.1 Å². The van der Waals surface area contributed by atoms with Crippen LogP contribution in [0, 0.1) is 39.8 Å². The van der Waals surface area contributed by atoms with E-state index in [1.165, 1.54) is 55.3 Å². The molecule has 0 unspecified atom stereocenters. The number of benzene rings is 6. The van der Waals surface area contributed by atoms with Crippen molar-refractivity contribution in [3.05, 3.63) is 161 Å². The van der Waals surface area contributed by atoms with Crippen LogP contribution in [0.2, 0.25) is 0 Å². The van der Waals surface area contributed by atoms with Crippen LogP contribution in [0.1, 0.15) is 48.6 Å². The molecule has 53 heavy (non-hydrogen) atoms. The average Bonchev–Trinajstić information content (AvgIpc) is 3.62. The summed E-state index contributed by atoms with van der Waals surface area (Å²) in [6, 6.07) is 51.6. The van der Waals surface area contributed by atoms with Crippen LogP contribution in [-0.2, 0) is 26.5 Å². The third kappa shape index (κ3) is 5.83. The van der Waals surface area contributed by atoms with Gasteiger partial charge in [-0.1, -0.05) is 114 Å². The molecule has 9 aromatic rings. The smallest absolute Gasteiger partial charge is 0.318 e. The quantitative estimate of drug-likeness (QED) is 0.162. The Labute approximate surface area is 326 Å². The summed E-state index contributed by atoms with van der Waals surface area (Å²) in [6.45, 7) is 15.5. The minimum atomic E-state index is 0. The second kappa shape index (κ2) is 13.0. The van der Waals surface area contributed by atoms with Gasteiger partial charge in [0.25, 0.3) is 0 Å². The van der Waals surface area contributed by atoms with Gasteiger partial charge in [-0.25, -0.2) is 4.98 Å². The summed E-state index contributed by atoms with van der Waals surface area (Å²) in [7, 11) is 0. The molecule has 262 valence electrons. The molecule has 3 aromatic heterocycles. The molecular weight excluding hydrogens is 826 g/mol. The van der Waals surface area contributed by atoms with Crippen LogP contribution < -0.4 is 0 Å². The van der Waals surface area contributed by atoms with Gasteiger partial charge < -0.3 is 9.13 Å². The zero-order chi connectivity index (χ0) is 35.9. The van der Waals surface area contributed by atoms with E-state index < -0.39 is 0 Å². The van der Waals surface area contributed by atoms with Crippen LogP contribution in [0.3, 0.4) is 0 Å². The van der Waals surface area contributed by atoms with E-state index in [0.29, 0.717) is 0 Å². The Bertz CT molecular complexity index is 2850. The zero-order valence-electron chi connectivity index (χ0n) is 31.2. The van der Waals surface area contributed by atoms with Crippen molar-refractivity contribution in [3.8, 4) is 33.6 Å². The van der Waals surface area contributed by atoms with E-state index in [9.17, 15) is 0 Å². The number of fused-ring (bicyclic) bond motifs is 6. The predicted octanol–water partition coefficient (Wildman–Crippen LogP) is 12.7. The summed E-state index contributed by atoms with van der Waals surface area (Å²) < 4.78 is 4.58. The topological polar surface area (TPSA) is 22.8 Å². The molecule has 0 spiro atoms. The molecule has 0 saturated heterocycles. The maximum Gasteiger partial charge on any atom is 2.00 e. The molecule has 0 fully saturated rings. The fourth-order valence-electron chi connectivity index (χ4n) is 7.87. The summed E-state index contributed by atoms with van der Waals surface area (Å²) in [5.74, 6) is 0. The van der Waals surface area contributed by atoms with Crippen LogP contribution in [0.25, 0.3) is 77.5 Å². The van der Waals surface area contributed by atoms with Gasteiger partial charge in [-0.15, -0.1) is 35.9 Å². The van der Waals surface area contributed by atoms with Crippen molar-refractivity contribution in [3.63, 3.8) is 0 Å². The number of aryl methyl sites for hydroxylation is 4. The first-order chi connectivity index (χ1) is 25.0. The van der Waals surface area contributed by atoms with E-state index in [2.05, 4.69) is 191 Å². The van der Waals surface area contributed by atoms with Crippen molar-refractivity contribution >= 4 is 43.9 Å². The molecule has 6 aromatic carbocycles. The van der Waals surface area contributed by atoms with Gasteiger partial charge in [-0.2, -0.15) is 23.8 Å². The van der Waals surface area contributed by atoms with Crippen LogP contribution in [0.5, 0.6) is 0 Å². The van der Waals surface area contributed by atoms with Gasteiger partial charge in [0, 0.05) is 21.5 Å². The minimum absolute atomic E-state index is 0. The monoisotopic (exact) mass is 866 g/mol. The van der Waals surface area contributed by atoms with Crippen molar-refractivity contribution in [2.24, 2.45) is 0 Å². The van der Waals surface area contributed by atoms with Crippen LogP contribution in [0.15, 0.2) is 121 Å². The van der Waals surface area contributed by atoms with Gasteiger partial charge in [0.15, 0.2) is 0 Å². The fraction of sp³-hybridized carbons (Fsp3) is 0.163. The van der Waals surface area contributed by atoms with E-state index in [-0.39, 0.29) is 26.5 Å². The first kappa shape index (κ1) is 34.8. The summed E-state index contributed by atoms with van der Waals surface area (Å²) in [5.41, 5.74) is 17.0. The van der Waals surface area contributed by atoms with Crippen molar-refractivity contribution in [2.75, 3.05) is 0 Å². The molecule has 0 atom stereocenters. The molecule has 0 N–H and O–H groups in total. The molecule has 0 aliphatic carbocycles. The number of nitrogens with zero attached hydrogens (tertiary/aromatic N) is 3. The van der Waals surface area contributed by atoms with Crippen LogP contribution in [-0.4, -0.2) is 14.1 Å². The first-order valence-electron chi connectivity index (χ1n) is 18.1. The third-order valence-electron chi connectivity index (χ3n) is 10.6. The maximum atomic E-state index is 5.60. The summed E-state index contributed by atoms with van der Waals surface area (Å²) >= 11 is 0. The van der Waals surface area contributed by atoms with Crippen molar-refractivity contribution in [1.82, 2.24) is 14.1 Å². The average molecular weight is 867 g/mol. The number of hydrogen-bond acceptors (Lipinski definition) is 1. The Morgan fingerprint density at radius 2 is 1.15 bits per heavy atom. The Hall–Kier alpha value is -5.24. The minimum Gasteiger partial charge on any atom is -0.318 e. The standard InChI is InChI=1S/C49H41N3.Pt/c1-30-16-22-45-41(24-30)43-29-44-42-25-31(2)17-23-46(42)52(48(44)50-47(43)51(45)37-20-18-36(19-21-37)49(5,6)7)38-15-11-14-35(28-38)40-27-32(3)39(26-33(40)4)34-12-9-8-10-13-34;/h8-20,22-27,29H,1-7H3;/q-2;+2. The Morgan fingerprint density at radius 1 is 0.547 bits per heavy atom. The third-order valence-corrected chi connectivity index (χ3v) is 10.6. The molecule has 3 heterocycles. The normalized spacial score (nSPS) is 11.9. The second-order valence-corrected chi connectivity index (χ2v) is 15.5. The van der Waals surface area contributed by atoms with Gasteiger partial charge in [0.1, 0.15) is 11.3 Å². The molecule has 0 radical (unpaired) electrons. The van der Waals surface area contributed by atoms with Crippen LogP contribution in [0.4, 0.5) is 0 Å². The molecule has 0 bridgehead atoms. The summed E-state index contributed by atoms with van der Waals surface area (Å²) in [6.07, 6.45) is 0. The van der Waals surface area contributed by atoms with Gasteiger partial charge in [-0.3, -0.25) is 0 Å². The van der Waals surface area contributed by atoms with E-state index in [4.69, 9.17) is 4.98 Å². The van der Waals surface area contributed by atoms with E-state index in [0.717, 1.165) is 50.0 Å². The maximum absolute atomic E-state index is 5.60. The van der Waals surface area contributed by atoms with E-state index >= 15 is 0 Å². The summed E-state index contributed by atoms with van der Waals surface area (Å²) in [5, 5.41) is 4.67. The molecular formula is C49H41N3Pt. The zero-order valence-corrected chi connectivity index (χ0v) is 33.5. The molecule has 9 rings (SSSR count). The van der Waals surface area contributed by atoms with Crippen LogP contribution >= 0.6 is 0 Å². The molecule has 0 aliphatic rings. The summed E-state index contributed by atoms with van der Waals surface area (Å²) in [4.78, 5) is 5.60. The largest absolute Gasteiger partial charge is 2.00 e.